The zero-order valence-electron chi connectivity index (χ0n) is 35.5. The molecule has 2 aromatic heterocycles. The lowest BCUT2D eigenvalue weighted by Crippen LogP contribution is -2.15. The number of rotatable bonds is 6. The average Bonchev–Trinajstić information content (AvgIpc) is 4.00. The largest absolute Gasteiger partial charge is 0.455 e. The SMILES string of the molecule is CC1(C)c2ccccc2-c2ccc(-c3c(N(c4ccc(-c5ccccc5)cc4)c4ccc(-c5cccc6c5sc5ccccc56)cc4)ccc4oc5c6ccccc6ccc5c34)cc21. The highest BCUT2D eigenvalue weighted by Gasteiger charge is 2.36. The van der Waals surface area contributed by atoms with Crippen molar-refractivity contribution in [3.05, 3.63) is 223 Å². The highest BCUT2D eigenvalue weighted by Crippen LogP contribution is 2.53. The summed E-state index contributed by atoms with van der Waals surface area (Å²) in [5, 5.41) is 7.13. The first-order valence-electron chi connectivity index (χ1n) is 22.1. The lowest BCUT2D eigenvalue weighted by molar-refractivity contribution is 0.660. The molecule has 0 spiro atoms. The molecule has 12 aromatic rings. The molecule has 0 N–H and O–H groups in total. The normalized spacial score (nSPS) is 13.0. The Hall–Kier alpha value is -7.72. The Labute approximate surface area is 375 Å². The fourth-order valence-electron chi connectivity index (χ4n) is 10.5. The van der Waals surface area contributed by atoms with Crippen LogP contribution < -0.4 is 4.90 Å². The molecule has 13 rings (SSSR count). The molecule has 302 valence electrons. The van der Waals surface area contributed by atoms with Crippen LogP contribution in [0.25, 0.3) is 97.4 Å². The minimum Gasteiger partial charge on any atom is -0.455 e. The first-order chi connectivity index (χ1) is 31.5. The maximum atomic E-state index is 6.93. The predicted molar refractivity (Wildman–Crippen MR) is 273 cm³/mol. The van der Waals surface area contributed by atoms with Gasteiger partial charge in [0.1, 0.15) is 11.2 Å². The quantitative estimate of drug-likeness (QED) is 0.166. The Balaban J connectivity index is 1.06. The Morgan fingerprint density at radius 1 is 0.438 bits per heavy atom. The molecule has 0 radical (unpaired) electrons. The summed E-state index contributed by atoms with van der Waals surface area (Å²) in [7, 11) is 0. The van der Waals surface area contributed by atoms with E-state index >= 15 is 0 Å². The molecule has 2 nitrogen and oxygen atoms in total. The summed E-state index contributed by atoms with van der Waals surface area (Å²) in [6.07, 6.45) is 0. The summed E-state index contributed by atoms with van der Waals surface area (Å²) in [6, 6.07) is 77.8. The topological polar surface area (TPSA) is 16.4 Å². The van der Waals surface area contributed by atoms with Gasteiger partial charge in [-0.3, -0.25) is 0 Å². The van der Waals surface area contributed by atoms with E-state index in [1.807, 2.05) is 11.3 Å². The number of nitrogens with zero attached hydrogens (tertiary/aromatic N) is 1. The molecule has 2 heterocycles. The molecule has 0 fully saturated rings. The van der Waals surface area contributed by atoms with Crippen molar-refractivity contribution >= 4 is 81.3 Å². The summed E-state index contributed by atoms with van der Waals surface area (Å²) < 4.78 is 9.56. The lowest BCUT2D eigenvalue weighted by atomic mass is 9.81. The minimum atomic E-state index is -0.162. The van der Waals surface area contributed by atoms with E-state index in [1.54, 1.807) is 0 Å². The van der Waals surface area contributed by atoms with Crippen LogP contribution in [0.2, 0.25) is 0 Å². The number of hydrogen-bond donors (Lipinski definition) is 0. The monoisotopic (exact) mass is 835 g/mol. The van der Waals surface area contributed by atoms with Crippen molar-refractivity contribution < 1.29 is 4.42 Å². The average molecular weight is 836 g/mol. The zero-order chi connectivity index (χ0) is 42.5. The number of benzene rings is 10. The van der Waals surface area contributed by atoms with E-state index in [0.717, 1.165) is 55.5 Å². The molecule has 0 bridgehead atoms. The van der Waals surface area contributed by atoms with E-state index < -0.39 is 0 Å². The minimum absolute atomic E-state index is 0.162. The van der Waals surface area contributed by atoms with Crippen molar-refractivity contribution in [1.29, 1.82) is 0 Å². The van der Waals surface area contributed by atoms with E-state index in [1.165, 1.54) is 70.1 Å². The van der Waals surface area contributed by atoms with Crippen LogP contribution >= 0.6 is 11.3 Å². The smallest absolute Gasteiger partial charge is 0.143 e. The van der Waals surface area contributed by atoms with Gasteiger partial charge in [-0.15, -0.1) is 11.3 Å². The Morgan fingerprint density at radius 2 is 1.08 bits per heavy atom. The van der Waals surface area contributed by atoms with Gasteiger partial charge in [0.05, 0.1) is 5.69 Å². The lowest BCUT2D eigenvalue weighted by Gasteiger charge is -2.29. The second-order valence-corrected chi connectivity index (χ2v) is 18.7. The summed E-state index contributed by atoms with van der Waals surface area (Å²) >= 11 is 1.87. The Morgan fingerprint density at radius 3 is 1.91 bits per heavy atom. The highest BCUT2D eigenvalue weighted by molar-refractivity contribution is 7.26. The molecular weight excluding hydrogens is 795 g/mol. The van der Waals surface area contributed by atoms with E-state index in [0.29, 0.717) is 0 Å². The molecule has 3 heteroatoms. The van der Waals surface area contributed by atoms with Gasteiger partial charge < -0.3 is 9.32 Å². The molecule has 64 heavy (non-hydrogen) atoms. The Bertz CT molecular complexity index is 3800. The number of furan rings is 1. The van der Waals surface area contributed by atoms with Gasteiger partial charge in [0.15, 0.2) is 0 Å². The van der Waals surface area contributed by atoms with Gasteiger partial charge in [0.25, 0.3) is 0 Å². The second-order valence-electron chi connectivity index (χ2n) is 17.6. The second kappa shape index (κ2) is 14.2. The van der Waals surface area contributed by atoms with Crippen molar-refractivity contribution in [3.63, 3.8) is 0 Å². The van der Waals surface area contributed by atoms with Crippen LogP contribution in [0.15, 0.2) is 217 Å². The van der Waals surface area contributed by atoms with Gasteiger partial charge >= 0.3 is 0 Å². The van der Waals surface area contributed by atoms with Crippen molar-refractivity contribution in [1.82, 2.24) is 0 Å². The van der Waals surface area contributed by atoms with Gasteiger partial charge in [-0.2, -0.15) is 0 Å². The highest BCUT2D eigenvalue weighted by atomic mass is 32.1. The molecule has 1 aliphatic rings. The zero-order valence-corrected chi connectivity index (χ0v) is 36.3. The number of fused-ring (bicyclic) bond motifs is 11. The summed E-state index contributed by atoms with van der Waals surface area (Å²) in [5.74, 6) is 0. The fourth-order valence-corrected chi connectivity index (χ4v) is 11.8. The molecule has 0 unspecified atom stereocenters. The summed E-state index contributed by atoms with van der Waals surface area (Å²) in [6.45, 7) is 4.73. The molecule has 0 saturated heterocycles. The molecule has 0 amide bonds. The number of hydrogen-bond acceptors (Lipinski definition) is 3. The third-order valence-electron chi connectivity index (χ3n) is 13.7. The van der Waals surface area contributed by atoms with Crippen LogP contribution in [0, 0.1) is 0 Å². The van der Waals surface area contributed by atoms with Crippen LogP contribution in [-0.2, 0) is 5.41 Å². The van der Waals surface area contributed by atoms with Gasteiger partial charge in [0, 0.05) is 58.7 Å². The van der Waals surface area contributed by atoms with Crippen LogP contribution in [0.4, 0.5) is 17.1 Å². The molecule has 0 saturated carbocycles. The van der Waals surface area contributed by atoms with Crippen molar-refractivity contribution in [2.75, 3.05) is 4.90 Å². The molecule has 1 aliphatic carbocycles. The third kappa shape index (κ3) is 5.57. The first-order valence-corrected chi connectivity index (χ1v) is 22.9. The standard InChI is InChI=1S/C61H41NOS/c1-61(2)52-21-10-8-17-47(52)48-33-28-42(37-53(48)61)57-54(35-36-55-58(57)51-34-27-40-15-6-7-16-45(40)59(51)63-55)62(43-29-23-39(24-30-43)38-13-4-3-5-14-38)44-31-25-41(26-32-44)46-19-12-20-50-49-18-9-11-22-56(49)64-60(46)50/h3-37H,1-2H3. The summed E-state index contributed by atoms with van der Waals surface area (Å²) in [4.78, 5) is 2.44. The van der Waals surface area contributed by atoms with Crippen molar-refractivity contribution in [2.24, 2.45) is 0 Å². The third-order valence-corrected chi connectivity index (χ3v) is 14.9. The van der Waals surface area contributed by atoms with Crippen LogP contribution in [-0.4, -0.2) is 0 Å². The van der Waals surface area contributed by atoms with Crippen LogP contribution in [0.1, 0.15) is 25.0 Å². The van der Waals surface area contributed by atoms with Gasteiger partial charge in [0.2, 0.25) is 0 Å². The number of anilines is 3. The van der Waals surface area contributed by atoms with E-state index in [9.17, 15) is 0 Å². The summed E-state index contributed by atoms with van der Waals surface area (Å²) in [5.41, 5.74) is 17.3. The van der Waals surface area contributed by atoms with Crippen molar-refractivity contribution in [2.45, 2.75) is 19.3 Å². The molecule has 0 aliphatic heterocycles. The van der Waals surface area contributed by atoms with E-state index in [-0.39, 0.29) is 5.41 Å². The Kier molecular flexibility index (Phi) is 8.16. The van der Waals surface area contributed by atoms with Crippen LogP contribution in [0.3, 0.4) is 0 Å². The van der Waals surface area contributed by atoms with Gasteiger partial charge in [-0.1, -0.05) is 172 Å². The molecular formula is C61H41NOS. The molecule has 0 atom stereocenters. The number of thiophene rings is 1. The van der Waals surface area contributed by atoms with Crippen LogP contribution in [0.5, 0.6) is 0 Å². The first kappa shape index (κ1) is 36.9. The van der Waals surface area contributed by atoms with E-state index in [2.05, 4.69) is 231 Å². The van der Waals surface area contributed by atoms with Gasteiger partial charge in [-0.25, -0.2) is 0 Å². The fraction of sp³-hybridized carbons (Fsp3) is 0.0492. The predicted octanol–water partition coefficient (Wildman–Crippen LogP) is 17.9. The molecule has 10 aromatic carbocycles. The van der Waals surface area contributed by atoms with E-state index in [4.69, 9.17) is 4.42 Å². The maximum Gasteiger partial charge on any atom is 0.143 e. The maximum absolute atomic E-state index is 6.93. The van der Waals surface area contributed by atoms with Gasteiger partial charge in [-0.05, 0) is 110 Å². The van der Waals surface area contributed by atoms with Crippen molar-refractivity contribution in [3.8, 4) is 44.5 Å².